The lowest BCUT2D eigenvalue weighted by atomic mass is 10.4. The Labute approximate surface area is 74.5 Å². The van der Waals surface area contributed by atoms with Gasteiger partial charge in [-0.1, -0.05) is 5.92 Å². The summed E-state index contributed by atoms with van der Waals surface area (Å²) in [6, 6.07) is 0. The number of nitrogens with zero attached hydrogens (tertiary/aromatic N) is 1. The van der Waals surface area contributed by atoms with E-state index in [1.54, 1.807) is 18.5 Å². The van der Waals surface area contributed by atoms with Crippen LogP contribution in [0.2, 0.25) is 0 Å². The summed E-state index contributed by atoms with van der Waals surface area (Å²) in [6.45, 7) is 2.10. The topological polar surface area (TPSA) is 39.2 Å². The Morgan fingerprint density at radius 3 is 3.25 bits per heavy atom. The van der Waals surface area contributed by atoms with Crippen LogP contribution < -0.4 is 0 Å². The minimum absolute atomic E-state index is 0.357. The molecule has 3 nitrogen and oxygen atoms in total. The first-order valence-corrected chi connectivity index (χ1v) is 4.24. The standard InChI is InChI=1S/C8H7NO2S/c1-2-11-8(10)4-3-7-5-9-12-6-7/h5-6H,2H2,1H3. The highest BCUT2D eigenvalue weighted by Gasteiger charge is 1.92. The summed E-state index contributed by atoms with van der Waals surface area (Å²) < 4.78 is 8.44. The maximum atomic E-state index is 10.7. The Bertz CT molecular complexity index is 308. The molecule has 0 spiro atoms. The second-order valence-electron chi connectivity index (χ2n) is 1.88. The highest BCUT2D eigenvalue weighted by atomic mass is 32.1. The third-order valence-electron chi connectivity index (χ3n) is 1.02. The zero-order valence-electron chi connectivity index (χ0n) is 6.53. The molecule has 1 rings (SSSR count). The zero-order valence-corrected chi connectivity index (χ0v) is 7.35. The summed E-state index contributed by atoms with van der Waals surface area (Å²) in [5, 5.41) is 1.77. The molecule has 0 aromatic carbocycles. The Morgan fingerprint density at radius 1 is 1.83 bits per heavy atom. The minimum Gasteiger partial charge on any atom is -0.456 e. The molecule has 1 heterocycles. The zero-order chi connectivity index (χ0) is 8.81. The van der Waals surface area contributed by atoms with Crippen molar-refractivity contribution in [1.82, 2.24) is 4.37 Å². The summed E-state index contributed by atoms with van der Waals surface area (Å²) in [7, 11) is 0. The van der Waals surface area contributed by atoms with Gasteiger partial charge >= 0.3 is 5.97 Å². The van der Waals surface area contributed by atoms with E-state index in [9.17, 15) is 4.79 Å². The molecule has 1 aromatic rings. The van der Waals surface area contributed by atoms with E-state index in [-0.39, 0.29) is 0 Å². The molecule has 0 atom stereocenters. The molecule has 0 aliphatic rings. The van der Waals surface area contributed by atoms with Gasteiger partial charge in [-0.2, -0.15) is 4.37 Å². The van der Waals surface area contributed by atoms with Crippen LogP contribution in [0.1, 0.15) is 12.5 Å². The highest BCUT2D eigenvalue weighted by molar-refractivity contribution is 7.03. The van der Waals surface area contributed by atoms with E-state index in [1.807, 2.05) is 0 Å². The van der Waals surface area contributed by atoms with Crippen LogP contribution in [0, 0.1) is 11.8 Å². The first-order chi connectivity index (χ1) is 5.83. The number of ether oxygens (including phenoxy) is 1. The molecular weight excluding hydrogens is 174 g/mol. The Hall–Kier alpha value is -1.34. The molecule has 0 amide bonds. The minimum atomic E-state index is -0.497. The van der Waals surface area contributed by atoms with Crippen molar-refractivity contribution in [3.63, 3.8) is 0 Å². The maximum absolute atomic E-state index is 10.7. The summed E-state index contributed by atoms with van der Waals surface area (Å²) >= 11 is 1.30. The fourth-order valence-corrected chi connectivity index (χ4v) is 1.03. The second-order valence-corrected chi connectivity index (χ2v) is 2.54. The number of hydrogen-bond acceptors (Lipinski definition) is 4. The highest BCUT2D eigenvalue weighted by Crippen LogP contribution is 1.97. The molecule has 0 saturated carbocycles. The molecule has 0 N–H and O–H groups in total. The van der Waals surface area contributed by atoms with Crippen LogP contribution in [0.15, 0.2) is 11.6 Å². The van der Waals surface area contributed by atoms with Crippen LogP contribution >= 0.6 is 11.5 Å². The van der Waals surface area contributed by atoms with Gasteiger partial charge in [0, 0.05) is 11.3 Å². The summed E-state index contributed by atoms with van der Waals surface area (Å²) in [6.07, 6.45) is 1.61. The SMILES string of the molecule is CCOC(=O)C#Cc1cnsc1. The third kappa shape index (κ3) is 2.72. The molecular formula is C8H7NO2S. The summed E-state index contributed by atoms with van der Waals surface area (Å²) in [5.74, 6) is 4.48. The monoisotopic (exact) mass is 181 g/mol. The average Bonchev–Trinajstić information content (AvgIpc) is 2.53. The van der Waals surface area contributed by atoms with Gasteiger partial charge in [0.25, 0.3) is 0 Å². The van der Waals surface area contributed by atoms with E-state index >= 15 is 0 Å². The fraction of sp³-hybridized carbons (Fsp3) is 0.250. The lowest BCUT2D eigenvalue weighted by Crippen LogP contribution is -1.99. The van der Waals surface area contributed by atoms with Crippen molar-refractivity contribution in [1.29, 1.82) is 0 Å². The number of rotatable bonds is 1. The smallest absolute Gasteiger partial charge is 0.384 e. The van der Waals surface area contributed by atoms with Crippen molar-refractivity contribution in [2.45, 2.75) is 6.92 Å². The Kier molecular flexibility index (Phi) is 3.30. The number of carbonyl (C=O) groups excluding carboxylic acids is 1. The van der Waals surface area contributed by atoms with Crippen molar-refractivity contribution in [2.75, 3.05) is 6.61 Å². The van der Waals surface area contributed by atoms with E-state index in [0.29, 0.717) is 6.61 Å². The van der Waals surface area contributed by atoms with Crippen molar-refractivity contribution in [2.24, 2.45) is 0 Å². The largest absolute Gasteiger partial charge is 0.456 e. The van der Waals surface area contributed by atoms with Gasteiger partial charge in [0.05, 0.1) is 18.4 Å². The van der Waals surface area contributed by atoms with E-state index in [2.05, 4.69) is 21.0 Å². The van der Waals surface area contributed by atoms with Gasteiger partial charge in [-0.15, -0.1) is 0 Å². The van der Waals surface area contributed by atoms with Gasteiger partial charge in [0.1, 0.15) is 0 Å². The number of esters is 1. The van der Waals surface area contributed by atoms with Crippen LogP contribution in [-0.4, -0.2) is 16.9 Å². The lowest BCUT2D eigenvalue weighted by molar-refractivity contribution is -0.136. The van der Waals surface area contributed by atoms with Crippen LogP contribution in [0.4, 0.5) is 0 Å². The quantitative estimate of drug-likeness (QED) is 0.480. The Balaban J connectivity index is 2.54. The van der Waals surface area contributed by atoms with Crippen LogP contribution in [0.3, 0.4) is 0 Å². The van der Waals surface area contributed by atoms with Gasteiger partial charge in [0.2, 0.25) is 0 Å². The first kappa shape index (κ1) is 8.75. The lowest BCUT2D eigenvalue weighted by Gasteiger charge is -1.89. The van der Waals surface area contributed by atoms with Crippen LogP contribution in [-0.2, 0) is 9.53 Å². The predicted molar refractivity (Wildman–Crippen MR) is 45.6 cm³/mol. The van der Waals surface area contributed by atoms with Gasteiger partial charge in [0.15, 0.2) is 0 Å². The van der Waals surface area contributed by atoms with E-state index in [1.165, 1.54) is 11.5 Å². The Morgan fingerprint density at radius 2 is 2.67 bits per heavy atom. The van der Waals surface area contributed by atoms with Crippen molar-refractivity contribution in [3.05, 3.63) is 17.1 Å². The molecule has 0 unspecified atom stereocenters. The van der Waals surface area contributed by atoms with Gasteiger partial charge in [-0.25, -0.2) is 4.79 Å². The van der Waals surface area contributed by atoms with E-state index in [0.717, 1.165) is 5.56 Å². The third-order valence-corrected chi connectivity index (χ3v) is 1.60. The van der Waals surface area contributed by atoms with Crippen molar-refractivity contribution < 1.29 is 9.53 Å². The van der Waals surface area contributed by atoms with Gasteiger partial charge in [-0.3, -0.25) is 0 Å². The fourth-order valence-electron chi connectivity index (χ4n) is 0.557. The molecule has 62 valence electrons. The molecule has 0 fully saturated rings. The summed E-state index contributed by atoms with van der Waals surface area (Å²) in [4.78, 5) is 10.7. The number of aromatic nitrogens is 1. The van der Waals surface area contributed by atoms with Gasteiger partial charge in [-0.05, 0) is 18.5 Å². The second kappa shape index (κ2) is 4.52. The first-order valence-electron chi connectivity index (χ1n) is 3.41. The molecule has 0 saturated heterocycles. The molecule has 0 bridgehead atoms. The molecule has 0 aliphatic heterocycles. The normalized spacial score (nSPS) is 8.42. The summed E-state index contributed by atoms with van der Waals surface area (Å²) in [5.41, 5.74) is 0.744. The van der Waals surface area contributed by atoms with Crippen molar-refractivity contribution in [3.8, 4) is 11.8 Å². The number of hydrogen-bond donors (Lipinski definition) is 0. The van der Waals surface area contributed by atoms with E-state index in [4.69, 9.17) is 0 Å². The molecule has 1 aromatic heterocycles. The molecule has 0 aliphatic carbocycles. The van der Waals surface area contributed by atoms with E-state index < -0.39 is 5.97 Å². The average molecular weight is 181 g/mol. The predicted octanol–water partition coefficient (Wildman–Crippen LogP) is 1.06. The van der Waals surface area contributed by atoms with Crippen LogP contribution in [0.25, 0.3) is 0 Å². The van der Waals surface area contributed by atoms with Crippen molar-refractivity contribution >= 4 is 17.5 Å². The maximum Gasteiger partial charge on any atom is 0.384 e. The molecule has 12 heavy (non-hydrogen) atoms. The molecule has 0 radical (unpaired) electrons. The van der Waals surface area contributed by atoms with Gasteiger partial charge < -0.3 is 4.74 Å². The number of carbonyl (C=O) groups is 1. The molecule has 4 heteroatoms. The van der Waals surface area contributed by atoms with Crippen LogP contribution in [0.5, 0.6) is 0 Å².